The molecule has 2 aromatic rings. The maximum atomic E-state index is 6.07. The molecule has 0 bridgehead atoms. The van der Waals surface area contributed by atoms with Gasteiger partial charge in [0.25, 0.3) is 0 Å². The Morgan fingerprint density at radius 1 is 1.42 bits per heavy atom. The van der Waals surface area contributed by atoms with E-state index in [0.717, 1.165) is 34.2 Å². The Labute approximate surface area is 127 Å². The molecule has 1 aromatic carbocycles. The van der Waals surface area contributed by atoms with Gasteiger partial charge in [-0.25, -0.2) is 4.98 Å². The highest BCUT2D eigenvalue weighted by atomic mass is 79.9. The average Bonchev–Trinajstić information content (AvgIpc) is 2.95. The minimum atomic E-state index is 0.480. The van der Waals surface area contributed by atoms with Gasteiger partial charge in [0.2, 0.25) is 0 Å². The second kappa shape index (κ2) is 5.45. The Hall–Kier alpha value is -0.540. The number of fused-ring (bicyclic) bond motifs is 1. The van der Waals surface area contributed by atoms with E-state index in [1.807, 2.05) is 6.07 Å². The maximum Gasteiger partial charge on any atom is 0.124 e. The number of halogens is 2. The predicted molar refractivity (Wildman–Crippen MR) is 83.5 cm³/mol. The summed E-state index contributed by atoms with van der Waals surface area (Å²) in [5.41, 5.74) is 2.24. The Balaban J connectivity index is 2.02. The molecule has 0 saturated heterocycles. The maximum absolute atomic E-state index is 6.07. The van der Waals surface area contributed by atoms with Crippen LogP contribution in [-0.2, 0) is 12.4 Å². The van der Waals surface area contributed by atoms with Gasteiger partial charge in [0.1, 0.15) is 5.82 Å². The number of alkyl halides is 1. The largest absolute Gasteiger partial charge is 0.327 e. The second-order valence-electron chi connectivity index (χ2n) is 5.57. The standard InChI is InChI=1S/C15H18BrClN2/c1-10-3-2-4-11(10)9-19-14-7-12(16)5-6-13(14)18-15(19)8-17/h5-7,10-11H,2-4,8-9H2,1H3. The molecule has 2 nitrogen and oxygen atoms in total. The van der Waals surface area contributed by atoms with Crippen LogP contribution in [0.4, 0.5) is 0 Å². The lowest BCUT2D eigenvalue weighted by Crippen LogP contribution is -2.14. The van der Waals surface area contributed by atoms with Crippen molar-refractivity contribution >= 4 is 38.6 Å². The van der Waals surface area contributed by atoms with E-state index in [1.54, 1.807) is 0 Å². The van der Waals surface area contributed by atoms with Crippen molar-refractivity contribution in [3.8, 4) is 0 Å². The molecule has 1 aliphatic carbocycles. The van der Waals surface area contributed by atoms with Crippen LogP contribution in [0.3, 0.4) is 0 Å². The van der Waals surface area contributed by atoms with Gasteiger partial charge in [0.15, 0.2) is 0 Å². The number of benzene rings is 1. The number of hydrogen-bond acceptors (Lipinski definition) is 1. The molecular weight excluding hydrogens is 324 g/mol. The zero-order valence-corrected chi connectivity index (χ0v) is 13.4. The third kappa shape index (κ3) is 2.55. The fourth-order valence-corrected chi connectivity index (χ4v) is 3.73. The molecule has 1 aliphatic rings. The van der Waals surface area contributed by atoms with Crippen LogP contribution in [0.5, 0.6) is 0 Å². The zero-order valence-electron chi connectivity index (χ0n) is 11.1. The molecule has 1 fully saturated rings. The van der Waals surface area contributed by atoms with Gasteiger partial charge in [-0.3, -0.25) is 0 Å². The number of aromatic nitrogens is 2. The first-order chi connectivity index (χ1) is 9.19. The summed E-state index contributed by atoms with van der Waals surface area (Å²) in [6.07, 6.45) is 4.05. The van der Waals surface area contributed by atoms with Crippen molar-refractivity contribution in [1.29, 1.82) is 0 Å². The fraction of sp³-hybridized carbons (Fsp3) is 0.533. The highest BCUT2D eigenvalue weighted by Crippen LogP contribution is 2.34. The number of hydrogen-bond donors (Lipinski definition) is 0. The first kappa shape index (κ1) is 13.4. The summed E-state index contributed by atoms with van der Waals surface area (Å²) in [6, 6.07) is 6.25. The molecule has 1 saturated carbocycles. The van der Waals surface area contributed by atoms with Crippen LogP contribution in [0.25, 0.3) is 11.0 Å². The lowest BCUT2D eigenvalue weighted by atomic mass is 9.98. The third-order valence-electron chi connectivity index (χ3n) is 4.37. The average molecular weight is 342 g/mol. The van der Waals surface area contributed by atoms with E-state index in [-0.39, 0.29) is 0 Å². The second-order valence-corrected chi connectivity index (χ2v) is 6.76. The van der Waals surface area contributed by atoms with Crippen molar-refractivity contribution in [2.24, 2.45) is 11.8 Å². The summed E-state index contributed by atoms with van der Waals surface area (Å²) in [4.78, 5) is 4.65. The molecule has 0 N–H and O–H groups in total. The summed E-state index contributed by atoms with van der Waals surface area (Å²) in [5.74, 6) is 3.05. The molecule has 1 aromatic heterocycles. The number of imidazole rings is 1. The van der Waals surface area contributed by atoms with Crippen LogP contribution in [0, 0.1) is 11.8 Å². The van der Waals surface area contributed by atoms with Crippen molar-refractivity contribution in [3.63, 3.8) is 0 Å². The minimum Gasteiger partial charge on any atom is -0.327 e. The minimum absolute atomic E-state index is 0.480. The van der Waals surface area contributed by atoms with E-state index in [4.69, 9.17) is 11.6 Å². The Morgan fingerprint density at radius 3 is 2.95 bits per heavy atom. The molecule has 0 amide bonds. The Bertz CT molecular complexity index is 593. The summed E-state index contributed by atoms with van der Waals surface area (Å²) in [6.45, 7) is 3.42. The van der Waals surface area contributed by atoms with Crippen molar-refractivity contribution in [2.75, 3.05) is 0 Å². The van der Waals surface area contributed by atoms with E-state index in [9.17, 15) is 0 Å². The topological polar surface area (TPSA) is 17.8 Å². The monoisotopic (exact) mass is 340 g/mol. The van der Waals surface area contributed by atoms with Crippen LogP contribution in [-0.4, -0.2) is 9.55 Å². The van der Waals surface area contributed by atoms with E-state index in [0.29, 0.717) is 5.88 Å². The molecule has 0 spiro atoms. The van der Waals surface area contributed by atoms with E-state index in [2.05, 4.69) is 44.5 Å². The molecule has 2 unspecified atom stereocenters. The lowest BCUT2D eigenvalue weighted by molar-refractivity contribution is 0.364. The van der Waals surface area contributed by atoms with E-state index < -0.39 is 0 Å². The first-order valence-electron chi connectivity index (χ1n) is 6.89. The quantitative estimate of drug-likeness (QED) is 0.720. The van der Waals surface area contributed by atoms with Crippen LogP contribution in [0.2, 0.25) is 0 Å². The Kier molecular flexibility index (Phi) is 3.86. The molecule has 3 rings (SSSR count). The van der Waals surface area contributed by atoms with Gasteiger partial charge in [0.05, 0.1) is 16.9 Å². The van der Waals surface area contributed by atoms with Gasteiger partial charge in [0, 0.05) is 11.0 Å². The van der Waals surface area contributed by atoms with Crippen molar-refractivity contribution in [1.82, 2.24) is 9.55 Å². The fourth-order valence-electron chi connectivity index (χ4n) is 3.18. The highest BCUT2D eigenvalue weighted by molar-refractivity contribution is 9.10. The predicted octanol–water partition coefficient (Wildman–Crippen LogP) is 4.97. The molecular formula is C15H18BrClN2. The van der Waals surface area contributed by atoms with E-state index in [1.165, 1.54) is 24.8 Å². The van der Waals surface area contributed by atoms with Gasteiger partial charge in [-0.1, -0.05) is 35.7 Å². The number of nitrogens with zero attached hydrogens (tertiary/aromatic N) is 2. The summed E-state index contributed by atoms with van der Waals surface area (Å²) in [7, 11) is 0. The van der Waals surface area contributed by atoms with Crippen LogP contribution in [0.15, 0.2) is 22.7 Å². The molecule has 1 heterocycles. The van der Waals surface area contributed by atoms with Crippen LogP contribution in [0.1, 0.15) is 32.0 Å². The van der Waals surface area contributed by atoms with Gasteiger partial charge in [-0.2, -0.15) is 0 Å². The first-order valence-corrected chi connectivity index (χ1v) is 8.22. The van der Waals surface area contributed by atoms with Gasteiger partial charge in [-0.15, -0.1) is 11.6 Å². The SMILES string of the molecule is CC1CCCC1Cn1c(CCl)nc2ccc(Br)cc21. The van der Waals surface area contributed by atoms with Crippen LogP contribution < -0.4 is 0 Å². The number of rotatable bonds is 3. The highest BCUT2D eigenvalue weighted by Gasteiger charge is 2.25. The van der Waals surface area contributed by atoms with Crippen molar-refractivity contribution in [3.05, 3.63) is 28.5 Å². The van der Waals surface area contributed by atoms with Crippen LogP contribution >= 0.6 is 27.5 Å². The lowest BCUT2D eigenvalue weighted by Gasteiger charge is -2.18. The smallest absolute Gasteiger partial charge is 0.124 e. The summed E-state index contributed by atoms with van der Waals surface area (Å²) < 4.78 is 3.42. The van der Waals surface area contributed by atoms with Gasteiger partial charge in [-0.05, 0) is 36.5 Å². The molecule has 0 aliphatic heterocycles. The van der Waals surface area contributed by atoms with Crippen molar-refractivity contribution in [2.45, 2.75) is 38.6 Å². The Morgan fingerprint density at radius 2 is 2.26 bits per heavy atom. The van der Waals surface area contributed by atoms with E-state index >= 15 is 0 Å². The molecule has 102 valence electrons. The van der Waals surface area contributed by atoms with Crippen molar-refractivity contribution < 1.29 is 0 Å². The van der Waals surface area contributed by atoms with Gasteiger partial charge < -0.3 is 4.57 Å². The summed E-state index contributed by atoms with van der Waals surface area (Å²) in [5, 5.41) is 0. The molecule has 0 radical (unpaired) electrons. The molecule has 4 heteroatoms. The molecule has 2 atom stereocenters. The third-order valence-corrected chi connectivity index (χ3v) is 5.10. The zero-order chi connectivity index (χ0) is 13.4. The normalized spacial score (nSPS) is 23.3. The molecule has 19 heavy (non-hydrogen) atoms. The van der Waals surface area contributed by atoms with Gasteiger partial charge >= 0.3 is 0 Å². The summed E-state index contributed by atoms with van der Waals surface area (Å²) >= 11 is 9.62.